The van der Waals surface area contributed by atoms with E-state index in [1.165, 1.54) is 12.1 Å². The Morgan fingerprint density at radius 3 is 2.43 bits per heavy atom. The Morgan fingerprint density at radius 2 is 1.71 bits per heavy atom. The van der Waals surface area contributed by atoms with Gasteiger partial charge in [-0.3, -0.25) is 0 Å². The summed E-state index contributed by atoms with van der Waals surface area (Å²) in [7, 11) is 0. The lowest BCUT2D eigenvalue weighted by atomic mass is 10.1. The maximum absolute atomic E-state index is 13.2. The van der Waals surface area contributed by atoms with Crippen LogP contribution in [0.15, 0.2) is 59.1 Å². The van der Waals surface area contributed by atoms with Crippen LogP contribution >= 0.6 is 15.9 Å². The molecule has 0 atom stereocenters. The van der Waals surface area contributed by atoms with Gasteiger partial charge in [0, 0.05) is 21.7 Å². The van der Waals surface area contributed by atoms with Gasteiger partial charge in [-0.15, -0.1) is 0 Å². The minimum absolute atomic E-state index is 0.321. The fourth-order valence-electron chi connectivity index (χ4n) is 2.01. The van der Waals surface area contributed by atoms with Crippen molar-refractivity contribution in [3.05, 3.63) is 64.9 Å². The monoisotopic (exact) mass is 343 g/mol. The summed E-state index contributed by atoms with van der Waals surface area (Å²) in [6.07, 6.45) is 0. The summed E-state index contributed by atoms with van der Waals surface area (Å²) in [5, 5.41) is 0. The Balaban J connectivity index is 2.14. The predicted octanol–water partition coefficient (Wildman–Crippen LogP) is 4.29. The Morgan fingerprint density at radius 1 is 0.952 bits per heavy atom. The first-order valence-corrected chi connectivity index (χ1v) is 7.08. The Kier molecular flexibility index (Phi) is 3.66. The van der Waals surface area contributed by atoms with Gasteiger partial charge in [-0.25, -0.2) is 14.4 Å². The van der Waals surface area contributed by atoms with Crippen molar-refractivity contribution in [1.82, 2.24) is 9.97 Å². The van der Waals surface area contributed by atoms with E-state index in [1.807, 2.05) is 30.3 Å². The lowest BCUT2D eigenvalue weighted by Crippen LogP contribution is -1.98. The molecule has 3 nitrogen and oxygen atoms in total. The maximum Gasteiger partial charge on any atom is 0.163 e. The fraction of sp³-hybridized carbons (Fsp3) is 0. The highest BCUT2D eigenvalue weighted by Gasteiger charge is 2.10. The molecule has 0 bridgehead atoms. The van der Waals surface area contributed by atoms with Crippen LogP contribution in [-0.2, 0) is 0 Å². The van der Waals surface area contributed by atoms with E-state index in [0.29, 0.717) is 21.7 Å². The Bertz CT molecular complexity index is 791. The number of nitrogen functional groups attached to an aromatic ring is 1. The van der Waals surface area contributed by atoms with E-state index in [9.17, 15) is 4.39 Å². The first-order chi connectivity index (χ1) is 10.1. The first kappa shape index (κ1) is 13.7. The summed E-state index contributed by atoms with van der Waals surface area (Å²) < 4.78 is 13.8. The van der Waals surface area contributed by atoms with Crippen molar-refractivity contribution in [3.8, 4) is 22.6 Å². The molecule has 21 heavy (non-hydrogen) atoms. The summed E-state index contributed by atoms with van der Waals surface area (Å²) >= 11 is 3.33. The minimum Gasteiger partial charge on any atom is -0.384 e. The molecule has 0 radical (unpaired) electrons. The smallest absolute Gasteiger partial charge is 0.163 e. The molecule has 2 N–H and O–H groups in total. The van der Waals surface area contributed by atoms with Crippen molar-refractivity contribution in [1.29, 1.82) is 0 Å². The summed E-state index contributed by atoms with van der Waals surface area (Å²) in [5.74, 6) is 0.508. The maximum atomic E-state index is 13.2. The van der Waals surface area contributed by atoms with Gasteiger partial charge in [-0.05, 0) is 34.1 Å². The molecule has 104 valence electrons. The zero-order chi connectivity index (χ0) is 14.8. The molecule has 0 aliphatic rings. The van der Waals surface area contributed by atoms with Crippen LogP contribution in [0.4, 0.5) is 10.2 Å². The lowest BCUT2D eigenvalue weighted by molar-refractivity contribution is 0.627. The summed E-state index contributed by atoms with van der Waals surface area (Å²) in [4.78, 5) is 8.76. The number of benzene rings is 2. The topological polar surface area (TPSA) is 51.8 Å². The van der Waals surface area contributed by atoms with Gasteiger partial charge < -0.3 is 5.73 Å². The van der Waals surface area contributed by atoms with Crippen LogP contribution in [0.2, 0.25) is 0 Å². The number of hydrogen-bond acceptors (Lipinski definition) is 3. The molecular weight excluding hydrogens is 333 g/mol. The van der Waals surface area contributed by atoms with Gasteiger partial charge in [0.2, 0.25) is 0 Å². The number of halogens is 2. The molecule has 3 aromatic rings. The van der Waals surface area contributed by atoms with Crippen LogP contribution in [0.5, 0.6) is 0 Å². The second kappa shape index (κ2) is 5.61. The largest absolute Gasteiger partial charge is 0.384 e. The number of aromatic nitrogens is 2. The zero-order valence-corrected chi connectivity index (χ0v) is 12.5. The quantitative estimate of drug-likeness (QED) is 0.754. The molecule has 2 aromatic carbocycles. The van der Waals surface area contributed by atoms with Crippen LogP contribution in [0.1, 0.15) is 0 Å². The van der Waals surface area contributed by atoms with Gasteiger partial charge >= 0.3 is 0 Å². The number of nitrogens with two attached hydrogens (primary N) is 1. The summed E-state index contributed by atoms with van der Waals surface area (Å²) in [6, 6.07) is 15.8. The highest BCUT2D eigenvalue weighted by Crippen LogP contribution is 2.29. The number of rotatable bonds is 2. The van der Waals surface area contributed by atoms with E-state index in [2.05, 4.69) is 25.9 Å². The average molecular weight is 344 g/mol. The van der Waals surface area contributed by atoms with Crippen molar-refractivity contribution in [2.75, 3.05) is 5.73 Å². The average Bonchev–Trinajstić information content (AvgIpc) is 2.47. The lowest BCUT2D eigenvalue weighted by Gasteiger charge is -2.08. The van der Waals surface area contributed by atoms with E-state index in [4.69, 9.17) is 5.73 Å². The van der Waals surface area contributed by atoms with Gasteiger partial charge in [-0.2, -0.15) is 0 Å². The molecule has 0 saturated carbocycles. The molecule has 0 amide bonds. The molecular formula is C16H11BrFN3. The Hall–Kier alpha value is -2.27. The molecule has 1 heterocycles. The molecule has 0 spiro atoms. The molecule has 0 aliphatic carbocycles. The van der Waals surface area contributed by atoms with E-state index in [0.717, 1.165) is 11.3 Å². The van der Waals surface area contributed by atoms with Crippen LogP contribution < -0.4 is 5.73 Å². The standard InChI is InChI=1S/C16H11BrFN3/c17-13-8-11(18)6-7-12(13)16-20-14(9-15(19)21-16)10-4-2-1-3-5-10/h1-9H,(H2,19,20,21). The van der Waals surface area contributed by atoms with Crippen molar-refractivity contribution >= 4 is 21.7 Å². The normalized spacial score (nSPS) is 10.6. The van der Waals surface area contributed by atoms with Crippen molar-refractivity contribution in [3.63, 3.8) is 0 Å². The van der Waals surface area contributed by atoms with Crippen molar-refractivity contribution in [2.24, 2.45) is 0 Å². The van der Waals surface area contributed by atoms with Crippen molar-refractivity contribution < 1.29 is 4.39 Å². The van der Waals surface area contributed by atoms with Gasteiger partial charge in [-0.1, -0.05) is 30.3 Å². The van der Waals surface area contributed by atoms with Crippen LogP contribution in [0, 0.1) is 5.82 Å². The number of anilines is 1. The fourth-order valence-corrected chi connectivity index (χ4v) is 2.54. The molecule has 3 rings (SSSR count). The van der Waals surface area contributed by atoms with Crippen LogP contribution in [-0.4, -0.2) is 9.97 Å². The molecule has 0 aliphatic heterocycles. The zero-order valence-electron chi connectivity index (χ0n) is 10.9. The molecule has 0 saturated heterocycles. The van der Waals surface area contributed by atoms with Gasteiger partial charge in [0.15, 0.2) is 5.82 Å². The summed E-state index contributed by atoms with van der Waals surface area (Å²) in [5.41, 5.74) is 8.25. The molecule has 0 fully saturated rings. The predicted molar refractivity (Wildman–Crippen MR) is 85.0 cm³/mol. The minimum atomic E-state index is -0.321. The summed E-state index contributed by atoms with van der Waals surface area (Å²) in [6.45, 7) is 0. The van der Waals surface area contributed by atoms with E-state index < -0.39 is 0 Å². The van der Waals surface area contributed by atoms with Gasteiger partial charge in [0.25, 0.3) is 0 Å². The Labute approximate surface area is 129 Å². The highest BCUT2D eigenvalue weighted by molar-refractivity contribution is 9.10. The third-order valence-corrected chi connectivity index (χ3v) is 3.64. The number of nitrogens with zero attached hydrogens (tertiary/aromatic N) is 2. The second-order valence-corrected chi connectivity index (χ2v) is 5.35. The van der Waals surface area contributed by atoms with Gasteiger partial charge in [0.1, 0.15) is 11.6 Å². The van der Waals surface area contributed by atoms with Gasteiger partial charge in [0.05, 0.1) is 5.69 Å². The SMILES string of the molecule is Nc1cc(-c2ccccc2)nc(-c2ccc(F)cc2Br)n1. The van der Waals surface area contributed by atoms with E-state index in [-0.39, 0.29) is 5.82 Å². The molecule has 0 unspecified atom stereocenters. The van der Waals surface area contributed by atoms with Crippen molar-refractivity contribution in [2.45, 2.75) is 0 Å². The van der Waals surface area contributed by atoms with Crippen LogP contribution in [0.3, 0.4) is 0 Å². The molecule has 1 aromatic heterocycles. The first-order valence-electron chi connectivity index (χ1n) is 6.29. The highest BCUT2D eigenvalue weighted by atomic mass is 79.9. The third kappa shape index (κ3) is 2.92. The molecule has 5 heteroatoms. The number of hydrogen-bond donors (Lipinski definition) is 1. The van der Waals surface area contributed by atoms with E-state index in [1.54, 1.807) is 12.1 Å². The second-order valence-electron chi connectivity index (χ2n) is 4.49. The van der Waals surface area contributed by atoms with Crippen LogP contribution in [0.25, 0.3) is 22.6 Å². The van der Waals surface area contributed by atoms with E-state index >= 15 is 0 Å². The third-order valence-electron chi connectivity index (χ3n) is 2.99.